The van der Waals surface area contributed by atoms with Crippen LogP contribution in [0.2, 0.25) is 0 Å². The van der Waals surface area contributed by atoms with E-state index in [0.717, 1.165) is 42.2 Å². The topological polar surface area (TPSA) is 32.3 Å². The molecule has 1 aromatic rings. The highest BCUT2D eigenvalue weighted by Crippen LogP contribution is 2.23. The number of carbonyl (C=O) groups is 1. The molecular weight excluding hydrogens is 268 g/mol. The third-order valence-corrected chi connectivity index (χ3v) is 4.19. The molecule has 0 aromatic heterocycles. The van der Waals surface area contributed by atoms with Gasteiger partial charge in [-0.1, -0.05) is 43.3 Å². The first-order valence-electron chi connectivity index (χ1n) is 7.21. The van der Waals surface area contributed by atoms with Crippen LogP contribution in [0.15, 0.2) is 12.1 Å². The lowest BCUT2D eigenvalue weighted by Crippen LogP contribution is -2.26. The lowest BCUT2D eigenvalue weighted by atomic mass is 10.1. The quantitative estimate of drug-likeness (QED) is 0.852. The van der Waals surface area contributed by atoms with E-state index < -0.39 is 0 Å². The van der Waals surface area contributed by atoms with Gasteiger partial charge in [-0.3, -0.25) is 4.79 Å². The van der Waals surface area contributed by atoms with Crippen LogP contribution in [0.3, 0.4) is 0 Å². The van der Waals surface area contributed by atoms with Crippen LogP contribution in [0.5, 0.6) is 0 Å². The molecule has 20 heavy (non-hydrogen) atoms. The van der Waals surface area contributed by atoms with E-state index in [4.69, 9.17) is 0 Å². The first-order valence-corrected chi connectivity index (χ1v) is 8.20. The van der Waals surface area contributed by atoms with Crippen LogP contribution in [-0.4, -0.2) is 35.5 Å². The summed E-state index contributed by atoms with van der Waals surface area (Å²) in [6.45, 7) is 13.5. The summed E-state index contributed by atoms with van der Waals surface area (Å²) < 4.78 is 0. The van der Waals surface area contributed by atoms with Crippen LogP contribution in [0, 0.1) is 20.8 Å². The zero-order chi connectivity index (χ0) is 15.1. The van der Waals surface area contributed by atoms with E-state index in [1.807, 2.05) is 13.8 Å². The number of thioether (sulfide) groups is 1. The van der Waals surface area contributed by atoms with Crippen molar-refractivity contribution in [1.29, 1.82) is 0 Å². The highest BCUT2D eigenvalue weighted by Gasteiger charge is 2.09. The number of benzene rings is 1. The lowest BCUT2D eigenvalue weighted by molar-refractivity contribution is 0.269. The van der Waals surface area contributed by atoms with Crippen molar-refractivity contribution in [2.45, 2.75) is 34.6 Å². The molecule has 0 aliphatic heterocycles. The van der Waals surface area contributed by atoms with Crippen molar-refractivity contribution < 1.29 is 4.79 Å². The maximum absolute atomic E-state index is 12.0. The Hall–Kier alpha value is -1.00. The second kappa shape index (κ2) is 8.32. The molecule has 1 N–H and O–H groups in total. The van der Waals surface area contributed by atoms with Gasteiger partial charge >= 0.3 is 0 Å². The molecule has 1 aromatic carbocycles. The number of hydrogen-bond donors (Lipinski definition) is 1. The van der Waals surface area contributed by atoms with Gasteiger partial charge in [0.2, 0.25) is 0 Å². The molecule has 0 heterocycles. The summed E-state index contributed by atoms with van der Waals surface area (Å²) in [6, 6.07) is 4.20. The molecule has 0 unspecified atom stereocenters. The summed E-state index contributed by atoms with van der Waals surface area (Å²) in [7, 11) is 0. The van der Waals surface area contributed by atoms with Crippen molar-refractivity contribution in [3.05, 3.63) is 28.8 Å². The predicted molar refractivity (Wildman–Crippen MR) is 89.9 cm³/mol. The summed E-state index contributed by atoms with van der Waals surface area (Å²) in [5.74, 6) is 0.831. The Morgan fingerprint density at radius 2 is 1.70 bits per heavy atom. The number of anilines is 1. The van der Waals surface area contributed by atoms with E-state index in [2.05, 4.69) is 43.1 Å². The van der Waals surface area contributed by atoms with Crippen molar-refractivity contribution in [3.63, 3.8) is 0 Å². The van der Waals surface area contributed by atoms with Gasteiger partial charge in [-0.2, -0.15) is 0 Å². The number of hydrogen-bond acceptors (Lipinski definition) is 3. The van der Waals surface area contributed by atoms with Crippen LogP contribution >= 0.6 is 11.8 Å². The maximum atomic E-state index is 12.0. The lowest BCUT2D eigenvalue weighted by Gasteiger charge is -2.17. The highest BCUT2D eigenvalue weighted by atomic mass is 32.2. The van der Waals surface area contributed by atoms with Crippen molar-refractivity contribution in [2.75, 3.05) is 30.7 Å². The molecule has 112 valence electrons. The first-order chi connectivity index (χ1) is 9.47. The number of carbonyl (C=O) groups excluding carboxylic acids is 1. The summed E-state index contributed by atoms with van der Waals surface area (Å²) in [5.41, 5.74) is 4.43. The SMILES string of the molecule is CCN(CC)CCSC(=O)Nc1c(C)cc(C)cc1C. The zero-order valence-corrected chi connectivity index (χ0v) is 14.1. The van der Waals surface area contributed by atoms with Crippen LogP contribution in [0.1, 0.15) is 30.5 Å². The van der Waals surface area contributed by atoms with Gasteiger partial charge in [0.05, 0.1) is 0 Å². The third kappa shape index (κ3) is 5.17. The maximum Gasteiger partial charge on any atom is 0.283 e. The monoisotopic (exact) mass is 294 g/mol. The Labute approximate surface area is 127 Å². The molecular formula is C16H26N2OS. The van der Waals surface area contributed by atoms with E-state index in [1.54, 1.807) is 0 Å². The first kappa shape index (κ1) is 17.1. The fraction of sp³-hybridized carbons (Fsp3) is 0.562. The van der Waals surface area contributed by atoms with Crippen molar-refractivity contribution >= 4 is 22.7 Å². The molecule has 3 nitrogen and oxygen atoms in total. The highest BCUT2D eigenvalue weighted by molar-refractivity contribution is 8.13. The van der Waals surface area contributed by atoms with E-state index in [0.29, 0.717) is 0 Å². The molecule has 0 aliphatic rings. The normalized spacial score (nSPS) is 10.9. The van der Waals surface area contributed by atoms with Crippen molar-refractivity contribution in [1.82, 2.24) is 4.90 Å². The fourth-order valence-corrected chi connectivity index (χ4v) is 3.03. The Morgan fingerprint density at radius 1 is 1.15 bits per heavy atom. The Morgan fingerprint density at radius 3 is 2.20 bits per heavy atom. The Kier molecular flexibility index (Phi) is 7.10. The molecule has 0 spiro atoms. The molecule has 4 heteroatoms. The van der Waals surface area contributed by atoms with Gasteiger partial charge in [0.15, 0.2) is 0 Å². The molecule has 0 atom stereocenters. The third-order valence-electron chi connectivity index (χ3n) is 3.44. The van der Waals surface area contributed by atoms with Gasteiger partial charge in [0.25, 0.3) is 5.24 Å². The molecule has 0 bridgehead atoms. The van der Waals surface area contributed by atoms with Crippen LogP contribution < -0.4 is 5.32 Å². The average Bonchev–Trinajstić information content (AvgIpc) is 2.39. The summed E-state index contributed by atoms with van der Waals surface area (Å²) >= 11 is 1.36. The summed E-state index contributed by atoms with van der Waals surface area (Å²) in [5, 5.41) is 3.06. The minimum absolute atomic E-state index is 0.0345. The molecule has 0 aliphatic carbocycles. The molecule has 1 amide bonds. The zero-order valence-electron chi connectivity index (χ0n) is 13.2. The number of amides is 1. The van der Waals surface area contributed by atoms with Gasteiger partial charge in [-0.15, -0.1) is 0 Å². The van der Waals surface area contributed by atoms with Gasteiger partial charge in [0.1, 0.15) is 0 Å². The minimum Gasteiger partial charge on any atom is -0.316 e. The van der Waals surface area contributed by atoms with Crippen LogP contribution in [0.25, 0.3) is 0 Å². The van der Waals surface area contributed by atoms with E-state index in [9.17, 15) is 4.79 Å². The van der Waals surface area contributed by atoms with E-state index in [1.165, 1.54) is 17.3 Å². The standard InChI is InChI=1S/C16H26N2OS/c1-6-18(7-2)8-9-20-16(19)17-15-13(4)10-12(3)11-14(15)5/h10-11H,6-9H2,1-5H3,(H,17,19). The van der Waals surface area contributed by atoms with Crippen LogP contribution in [-0.2, 0) is 0 Å². The van der Waals surface area contributed by atoms with Gasteiger partial charge in [-0.25, -0.2) is 0 Å². The van der Waals surface area contributed by atoms with Gasteiger partial charge < -0.3 is 10.2 Å². The number of aryl methyl sites for hydroxylation is 3. The van der Waals surface area contributed by atoms with Gasteiger partial charge in [-0.05, 0) is 45.0 Å². The number of rotatable bonds is 6. The largest absolute Gasteiger partial charge is 0.316 e. The Bertz CT molecular complexity index is 433. The summed E-state index contributed by atoms with van der Waals surface area (Å²) in [4.78, 5) is 14.3. The fourth-order valence-electron chi connectivity index (χ4n) is 2.32. The number of nitrogens with zero attached hydrogens (tertiary/aromatic N) is 1. The molecule has 1 rings (SSSR count). The molecule has 0 saturated carbocycles. The predicted octanol–water partition coefficient (Wildman–Crippen LogP) is 4.22. The van der Waals surface area contributed by atoms with Crippen molar-refractivity contribution in [2.24, 2.45) is 0 Å². The summed E-state index contributed by atoms with van der Waals surface area (Å²) in [6.07, 6.45) is 0. The van der Waals surface area contributed by atoms with Gasteiger partial charge in [0, 0.05) is 18.0 Å². The van der Waals surface area contributed by atoms with E-state index in [-0.39, 0.29) is 5.24 Å². The second-order valence-corrected chi connectivity index (χ2v) is 6.13. The minimum atomic E-state index is 0.0345. The average molecular weight is 294 g/mol. The molecule has 0 fully saturated rings. The smallest absolute Gasteiger partial charge is 0.283 e. The molecule has 0 saturated heterocycles. The second-order valence-electron chi connectivity index (χ2n) is 5.06. The van der Waals surface area contributed by atoms with E-state index >= 15 is 0 Å². The van der Waals surface area contributed by atoms with Crippen molar-refractivity contribution in [3.8, 4) is 0 Å². The van der Waals surface area contributed by atoms with Crippen LogP contribution in [0.4, 0.5) is 10.5 Å². The Balaban J connectivity index is 2.51. The molecule has 0 radical (unpaired) electrons. The number of nitrogens with one attached hydrogen (secondary N) is 1.